The Balaban J connectivity index is 1.46. The first kappa shape index (κ1) is 18.4. The lowest BCUT2D eigenvalue weighted by molar-refractivity contribution is -0.140. The molecule has 2 aliphatic rings. The molecule has 1 saturated heterocycles. The van der Waals surface area contributed by atoms with E-state index in [-0.39, 0.29) is 23.7 Å². The van der Waals surface area contributed by atoms with Crippen LogP contribution >= 0.6 is 0 Å². The van der Waals surface area contributed by atoms with Gasteiger partial charge in [0, 0.05) is 43.7 Å². The van der Waals surface area contributed by atoms with Crippen LogP contribution in [0.5, 0.6) is 0 Å². The number of nitrogens with zero attached hydrogens (tertiary/aromatic N) is 2. The minimum Gasteiger partial charge on any atom is -0.342 e. The highest BCUT2D eigenvalue weighted by molar-refractivity contribution is 5.92. The summed E-state index contributed by atoms with van der Waals surface area (Å²) in [5.41, 5.74) is 1.99. The minimum atomic E-state index is -0.0211. The number of aryl methyl sites for hydroxylation is 1. The van der Waals surface area contributed by atoms with Gasteiger partial charge in [0.25, 0.3) is 0 Å². The Hall–Kier alpha value is -2.37. The maximum Gasteiger partial charge on any atom is 0.227 e. The van der Waals surface area contributed by atoms with Gasteiger partial charge in [-0.25, -0.2) is 0 Å². The van der Waals surface area contributed by atoms with E-state index < -0.39 is 0 Å². The van der Waals surface area contributed by atoms with Crippen LogP contribution in [-0.4, -0.2) is 54.2 Å². The number of amides is 3. The Labute approximate surface area is 154 Å². The predicted molar refractivity (Wildman–Crippen MR) is 99.5 cm³/mol. The molecule has 0 atom stereocenters. The first-order chi connectivity index (χ1) is 12.6. The van der Waals surface area contributed by atoms with Gasteiger partial charge in [0.2, 0.25) is 18.2 Å². The molecule has 1 saturated carbocycles. The van der Waals surface area contributed by atoms with Crippen LogP contribution in [0.1, 0.15) is 31.2 Å². The van der Waals surface area contributed by atoms with Crippen LogP contribution in [0.25, 0.3) is 0 Å². The topological polar surface area (TPSA) is 69.7 Å². The average Bonchev–Trinajstić information content (AvgIpc) is 2.69. The number of carbonyl (C=O) groups excluding carboxylic acids is 3. The van der Waals surface area contributed by atoms with Gasteiger partial charge in [-0.15, -0.1) is 0 Å². The zero-order valence-electron chi connectivity index (χ0n) is 15.3. The standard InChI is InChI=1S/C20H27N3O3/c1-15-2-8-18(9-3-15)21-19(25)16-4-6-17(7-5-16)20(26)23-12-10-22(14-24)11-13-23/h2-3,8-9,14,16-17H,4-7,10-13H2,1H3,(H,21,25). The van der Waals surface area contributed by atoms with E-state index in [1.165, 1.54) is 0 Å². The molecule has 1 N–H and O–H groups in total. The number of hydrogen-bond acceptors (Lipinski definition) is 3. The summed E-state index contributed by atoms with van der Waals surface area (Å²) in [4.78, 5) is 39.5. The molecule has 0 unspecified atom stereocenters. The van der Waals surface area contributed by atoms with Crippen molar-refractivity contribution in [1.29, 1.82) is 0 Å². The van der Waals surface area contributed by atoms with Crippen molar-refractivity contribution in [3.63, 3.8) is 0 Å². The maximum absolute atomic E-state index is 12.7. The van der Waals surface area contributed by atoms with E-state index in [0.29, 0.717) is 26.2 Å². The molecule has 1 aliphatic carbocycles. The van der Waals surface area contributed by atoms with E-state index >= 15 is 0 Å². The van der Waals surface area contributed by atoms with E-state index in [1.807, 2.05) is 36.1 Å². The number of piperazine rings is 1. The molecule has 0 radical (unpaired) electrons. The summed E-state index contributed by atoms with van der Waals surface area (Å²) < 4.78 is 0. The second kappa shape index (κ2) is 8.34. The van der Waals surface area contributed by atoms with E-state index in [9.17, 15) is 14.4 Å². The SMILES string of the molecule is Cc1ccc(NC(=O)C2CCC(C(=O)N3CCN(C=O)CC3)CC2)cc1. The van der Waals surface area contributed by atoms with E-state index in [2.05, 4.69) is 5.32 Å². The van der Waals surface area contributed by atoms with Crippen LogP contribution < -0.4 is 5.32 Å². The molecule has 0 bridgehead atoms. The third-order valence-corrected chi connectivity index (χ3v) is 5.54. The third-order valence-electron chi connectivity index (χ3n) is 5.54. The highest BCUT2D eigenvalue weighted by atomic mass is 16.2. The van der Waals surface area contributed by atoms with Gasteiger partial charge in [-0.1, -0.05) is 17.7 Å². The van der Waals surface area contributed by atoms with Gasteiger partial charge in [-0.3, -0.25) is 14.4 Å². The molecular weight excluding hydrogens is 330 g/mol. The van der Waals surface area contributed by atoms with Gasteiger partial charge in [-0.05, 0) is 44.7 Å². The van der Waals surface area contributed by atoms with E-state index in [1.54, 1.807) is 4.90 Å². The van der Waals surface area contributed by atoms with Crippen molar-refractivity contribution in [2.45, 2.75) is 32.6 Å². The molecule has 1 aromatic rings. The largest absolute Gasteiger partial charge is 0.342 e. The Morgan fingerprint density at radius 3 is 2.12 bits per heavy atom. The summed E-state index contributed by atoms with van der Waals surface area (Å²) in [7, 11) is 0. The molecule has 26 heavy (non-hydrogen) atoms. The van der Waals surface area contributed by atoms with Crippen molar-refractivity contribution in [1.82, 2.24) is 9.80 Å². The predicted octanol–water partition coefficient (Wildman–Crippen LogP) is 2.04. The van der Waals surface area contributed by atoms with Crippen LogP contribution in [-0.2, 0) is 14.4 Å². The van der Waals surface area contributed by atoms with Crippen LogP contribution in [0, 0.1) is 18.8 Å². The highest BCUT2D eigenvalue weighted by Gasteiger charge is 2.33. The van der Waals surface area contributed by atoms with Crippen LogP contribution in [0.2, 0.25) is 0 Å². The molecule has 140 valence electrons. The van der Waals surface area contributed by atoms with Gasteiger partial charge in [0.1, 0.15) is 0 Å². The third kappa shape index (κ3) is 4.42. The van der Waals surface area contributed by atoms with Crippen molar-refractivity contribution >= 4 is 23.9 Å². The zero-order chi connectivity index (χ0) is 18.5. The first-order valence-corrected chi connectivity index (χ1v) is 9.42. The Morgan fingerprint density at radius 2 is 1.54 bits per heavy atom. The number of hydrogen-bond donors (Lipinski definition) is 1. The number of nitrogens with one attached hydrogen (secondary N) is 1. The number of anilines is 1. The van der Waals surface area contributed by atoms with E-state index in [4.69, 9.17) is 0 Å². The molecule has 0 aromatic heterocycles. The van der Waals surface area contributed by atoms with Gasteiger partial charge >= 0.3 is 0 Å². The molecule has 1 aliphatic heterocycles. The number of carbonyl (C=O) groups is 3. The van der Waals surface area contributed by atoms with Crippen LogP contribution in [0.4, 0.5) is 5.69 Å². The summed E-state index contributed by atoms with van der Waals surface area (Å²) >= 11 is 0. The molecule has 2 fully saturated rings. The van der Waals surface area contributed by atoms with Crippen molar-refractivity contribution < 1.29 is 14.4 Å². The first-order valence-electron chi connectivity index (χ1n) is 9.42. The van der Waals surface area contributed by atoms with Crippen molar-refractivity contribution in [3.05, 3.63) is 29.8 Å². The Kier molecular flexibility index (Phi) is 5.91. The van der Waals surface area contributed by atoms with E-state index in [0.717, 1.165) is 43.3 Å². The van der Waals surface area contributed by atoms with Crippen molar-refractivity contribution in [3.8, 4) is 0 Å². The average molecular weight is 357 g/mol. The second-order valence-electron chi connectivity index (χ2n) is 7.37. The zero-order valence-corrected chi connectivity index (χ0v) is 15.3. The smallest absolute Gasteiger partial charge is 0.227 e. The molecule has 1 heterocycles. The second-order valence-corrected chi connectivity index (χ2v) is 7.37. The van der Waals surface area contributed by atoms with Gasteiger partial charge in [-0.2, -0.15) is 0 Å². The summed E-state index contributed by atoms with van der Waals surface area (Å²) in [5, 5.41) is 2.98. The monoisotopic (exact) mass is 357 g/mol. The molecular formula is C20H27N3O3. The van der Waals surface area contributed by atoms with Crippen molar-refractivity contribution in [2.24, 2.45) is 11.8 Å². The summed E-state index contributed by atoms with van der Waals surface area (Å²) in [5.74, 6) is 0.237. The lowest BCUT2D eigenvalue weighted by Gasteiger charge is -2.36. The normalized spacial score (nSPS) is 23.4. The number of benzene rings is 1. The summed E-state index contributed by atoms with van der Waals surface area (Å²) in [6, 6.07) is 7.80. The maximum atomic E-state index is 12.7. The lowest BCUT2D eigenvalue weighted by atomic mass is 9.80. The fourth-order valence-corrected chi connectivity index (χ4v) is 3.79. The fourth-order valence-electron chi connectivity index (χ4n) is 3.79. The molecule has 0 spiro atoms. The fraction of sp³-hybridized carbons (Fsp3) is 0.550. The Morgan fingerprint density at radius 1 is 0.962 bits per heavy atom. The van der Waals surface area contributed by atoms with Gasteiger partial charge in [0.05, 0.1) is 0 Å². The highest BCUT2D eigenvalue weighted by Crippen LogP contribution is 2.31. The summed E-state index contributed by atoms with van der Waals surface area (Å²) in [6.45, 7) is 4.48. The van der Waals surface area contributed by atoms with Gasteiger partial charge in [0.15, 0.2) is 0 Å². The lowest BCUT2D eigenvalue weighted by Crippen LogP contribution is -2.50. The Bertz CT molecular complexity index is 643. The molecule has 3 rings (SSSR count). The van der Waals surface area contributed by atoms with Crippen LogP contribution in [0.3, 0.4) is 0 Å². The summed E-state index contributed by atoms with van der Waals surface area (Å²) in [6.07, 6.45) is 3.88. The molecule has 6 heteroatoms. The van der Waals surface area contributed by atoms with Crippen molar-refractivity contribution in [2.75, 3.05) is 31.5 Å². The minimum absolute atomic E-state index is 0.0150. The number of rotatable bonds is 4. The molecule has 6 nitrogen and oxygen atoms in total. The van der Waals surface area contributed by atoms with Crippen LogP contribution in [0.15, 0.2) is 24.3 Å². The molecule has 3 amide bonds. The van der Waals surface area contributed by atoms with Gasteiger partial charge < -0.3 is 15.1 Å². The quantitative estimate of drug-likeness (QED) is 0.839. The molecule has 1 aromatic carbocycles.